The van der Waals surface area contributed by atoms with Crippen LogP contribution < -0.4 is 9.62 Å². The second kappa shape index (κ2) is 7.91. The molecule has 0 saturated carbocycles. The number of nitrogens with one attached hydrogen (secondary N) is 1. The van der Waals surface area contributed by atoms with Crippen molar-refractivity contribution in [1.82, 2.24) is 4.72 Å². The van der Waals surface area contributed by atoms with Crippen molar-refractivity contribution < 1.29 is 17.9 Å². The molecule has 1 saturated heterocycles. The summed E-state index contributed by atoms with van der Waals surface area (Å²) in [5, 5.41) is 0. The average Bonchev–Trinajstić information content (AvgIpc) is 3.28. The zero-order valence-corrected chi connectivity index (χ0v) is 15.8. The van der Waals surface area contributed by atoms with Crippen LogP contribution in [0.3, 0.4) is 0 Å². The number of amides is 1. The number of aryl methyl sites for hydroxylation is 1. The minimum absolute atomic E-state index is 0.0297. The van der Waals surface area contributed by atoms with E-state index in [2.05, 4.69) is 16.6 Å². The molecule has 0 aliphatic carbocycles. The van der Waals surface area contributed by atoms with E-state index in [1.165, 1.54) is 11.3 Å². The number of benzene rings is 1. The highest BCUT2D eigenvalue weighted by Gasteiger charge is 2.23. The van der Waals surface area contributed by atoms with Crippen molar-refractivity contribution in [3.8, 4) is 11.8 Å². The van der Waals surface area contributed by atoms with Crippen LogP contribution >= 0.6 is 11.3 Å². The fourth-order valence-electron chi connectivity index (χ4n) is 2.39. The van der Waals surface area contributed by atoms with Gasteiger partial charge in [-0.25, -0.2) is 13.2 Å². The third-order valence-electron chi connectivity index (χ3n) is 3.77. The zero-order chi connectivity index (χ0) is 18.6. The van der Waals surface area contributed by atoms with Crippen LogP contribution in [-0.4, -0.2) is 34.2 Å². The maximum atomic E-state index is 12.2. The van der Waals surface area contributed by atoms with Crippen molar-refractivity contribution in [2.45, 2.75) is 17.6 Å². The number of carbonyl (C=O) groups is 1. The number of thiophene rings is 1. The molecule has 8 heteroatoms. The molecular weight excluding hydrogens is 372 g/mol. The molecule has 1 aliphatic heterocycles. The van der Waals surface area contributed by atoms with E-state index in [0.29, 0.717) is 17.4 Å². The van der Waals surface area contributed by atoms with Crippen LogP contribution in [0.25, 0.3) is 0 Å². The van der Waals surface area contributed by atoms with Crippen molar-refractivity contribution in [3.05, 3.63) is 46.8 Å². The minimum atomic E-state index is -3.52. The molecule has 0 spiro atoms. The quantitative estimate of drug-likeness (QED) is 0.797. The Morgan fingerprint density at radius 3 is 2.62 bits per heavy atom. The minimum Gasteiger partial charge on any atom is -0.447 e. The third-order valence-corrected chi connectivity index (χ3v) is 6.90. The van der Waals surface area contributed by atoms with Gasteiger partial charge in [-0.1, -0.05) is 18.8 Å². The summed E-state index contributed by atoms with van der Waals surface area (Å²) in [5.41, 5.74) is 1.49. The molecule has 26 heavy (non-hydrogen) atoms. The number of rotatable bonds is 5. The number of ether oxygens (including phenoxy) is 1. The Labute approximate surface area is 156 Å². The number of hydrogen-bond donors (Lipinski definition) is 1. The molecule has 6 nitrogen and oxygen atoms in total. The molecule has 0 radical (unpaired) electrons. The van der Waals surface area contributed by atoms with E-state index in [1.54, 1.807) is 35.2 Å². The van der Waals surface area contributed by atoms with Gasteiger partial charge in [0.05, 0.1) is 13.1 Å². The van der Waals surface area contributed by atoms with E-state index >= 15 is 0 Å². The second-order valence-corrected chi connectivity index (χ2v) is 8.68. The molecule has 0 unspecified atom stereocenters. The normalized spacial score (nSPS) is 14.0. The smallest absolute Gasteiger partial charge is 0.414 e. The largest absolute Gasteiger partial charge is 0.447 e. The van der Waals surface area contributed by atoms with Crippen LogP contribution in [0.4, 0.5) is 10.5 Å². The van der Waals surface area contributed by atoms with Crippen molar-refractivity contribution in [2.24, 2.45) is 0 Å². The molecule has 136 valence electrons. The van der Waals surface area contributed by atoms with Gasteiger partial charge in [0.15, 0.2) is 0 Å². The fraction of sp³-hybridized carbons (Fsp3) is 0.278. The van der Waals surface area contributed by atoms with Crippen molar-refractivity contribution in [1.29, 1.82) is 0 Å². The van der Waals surface area contributed by atoms with E-state index in [4.69, 9.17) is 4.74 Å². The first-order valence-electron chi connectivity index (χ1n) is 8.11. The molecular formula is C18H18N2O4S2. The lowest BCUT2D eigenvalue weighted by atomic mass is 10.2. The Morgan fingerprint density at radius 2 is 2.00 bits per heavy atom. The predicted octanol–water partition coefficient (Wildman–Crippen LogP) is 2.60. The maximum absolute atomic E-state index is 12.2. The zero-order valence-electron chi connectivity index (χ0n) is 14.2. The molecule has 1 aromatic heterocycles. The summed E-state index contributed by atoms with van der Waals surface area (Å²) in [4.78, 5) is 14.1. The molecule has 2 aromatic rings. The summed E-state index contributed by atoms with van der Waals surface area (Å²) in [6, 6.07) is 10.6. The van der Waals surface area contributed by atoms with Crippen LogP contribution in [0.15, 0.2) is 40.6 Å². The monoisotopic (exact) mass is 390 g/mol. The number of sulfonamides is 1. The molecule has 2 heterocycles. The molecule has 1 aliphatic rings. The van der Waals surface area contributed by atoms with Crippen molar-refractivity contribution in [2.75, 3.05) is 24.6 Å². The number of cyclic esters (lactones) is 1. The Hall–Kier alpha value is -2.34. The molecule has 0 atom stereocenters. The molecule has 1 fully saturated rings. The molecule has 0 bridgehead atoms. The van der Waals surface area contributed by atoms with Gasteiger partial charge in [0, 0.05) is 16.1 Å². The standard InChI is InChI=1S/C18H18N2O4S2/c1-2-16-9-10-17(25-16)26(22,23)19-11-3-4-14-5-7-15(8-6-14)20-12-13-24-18(20)21/h5-10,19H,2,11-13H2,1H3. The lowest BCUT2D eigenvalue weighted by Gasteiger charge is -2.11. The van der Waals surface area contributed by atoms with Crippen LogP contribution in [0, 0.1) is 11.8 Å². The Bertz CT molecular complexity index is 953. The molecule has 1 aromatic carbocycles. The SMILES string of the molecule is CCc1ccc(S(=O)(=O)NCC#Cc2ccc(N3CCOC3=O)cc2)s1. The van der Waals surface area contributed by atoms with Crippen LogP contribution in [0.2, 0.25) is 0 Å². The number of carbonyl (C=O) groups excluding carboxylic acids is 1. The van der Waals surface area contributed by atoms with E-state index in [0.717, 1.165) is 22.5 Å². The topological polar surface area (TPSA) is 75.7 Å². The van der Waals surface area contributed by atoms with Gasteiger partial charge in [-0.15, -0.1) is 11.3 Å². The van der Waals surface area contributed by atoms with Crippen LogP contribution in [0.5, 0.6) is 0 Å². The van der Waals surface area contributed by atoms with Gasteiger partial charge < -0.3 is 4.74 Å². The summed E-state index contributed by atoms with van der Waals surface area (Å²) < 4.78 is 32.0. The van der Waals surface area contributed by atoms with Crippen molar-refractivity contribution in [3.63, 3.8) is 0 Å². The van der Waals surface area contributed by atoms with E-state index in [1.807, 2.05) is 13.0 Å². The Morgan fingerprint density at radius 1 is 1.23 bits per heavy atom. The number of hydrogen-bond acceptors (Lipinski definition) is 5. The van der Waals surface area contributed by atoms with Gasteiger partial charge in [-0.05, 0) is 42.8 Å². The molecule has 1 N–H and O–H groups in total. The van der Waals surface area contributed by atoms with Crippen LogP contribution in [-0.2, 0) is 21.2 Å². The average molecular weight is 390 g/mol. The molecule has 3 rings (SSSR count). The first-order chi connectivity index (χ1) is 12.5. The van der Waals surface area contributed by atoms with Gasteiger partial charge in [0.25, 0.3) is 10.0 Å². The summed E-state index contributed by atoms with van der Waals surface area (Å²) in [6.45, 7) is 2.94. The summed E-state index contributed by atoms with van der Waals surface area (Å²) in [5.74, 6) is 5.71. The number of nitrogens with zero attached hydrogens (tertiary/aromatic N) is 1. The first kappa shape index (κ1) is 18.5. The second-order valence-electron chi connectivity index (χ2n) is 5.51. The summed E-state index contributed by atoms with van der Waals surface area (Å²) in [7, 11) is -3.52. The van der Waals surface area contributed by atoms with E-state index in [9.17, 15) is 13.2 Å². The van der Waals surface area contributed by atoms with Gasteiger partial charge in [-0.2, -0.15) is 4.72 Å². The highest BCUT2D eigenvalue weighted by atomic mass is 32.2. The summed E-state index contributed by atoms with van der Waals surface area (Å²) >= 11 is 1.27. The van der Waals surface area contributed by atoms with Gasteiger partial charge in [0.1, 0.15) is 10.8 Å². The Balaban J connectivity index is 1.58. The fourth-order valence-corrected chi connectivity index (χ4v) is 4.66. The van der Waals surface area contributed by atoms with E-state index in [-0.39, 0.29) is 12.6 Å². The van der Waals surface area contributed by atoms with E-state index < -0.39 is 10.0 Å². The third kappa shape index (κ3) is 4.25. The van der Waals surface area contributed by atoms with Gasteiger partial charge in [0.2, 0.25) is 0 Å². The first-order valence-corrected chi connectivity index (χ1v) is 10.4. The lowest BCUT2D eigenvalue weighted by Crippen LogP contribution is -2.23. The van der Waals surface area contributed by atoms with Gasteiger partial charge >= 0.3 is 6.09 Å². The lowest BCUT2D eigenvalue weighted by molar-refractivity contribution is 0.181. The van der Waals surface area contributed by atoms with Gasteiger partial charge in [-0.3, -0.25) is 4.90 Å². The molecule has 1 amide bonds. The predicted molar refractivity (Wildman–Crippen MR) is 101 cm³/mol. The highest BCUT2D eigenvalue weighted by Crippen LogP contribution is 2.21. The maximum Gasteiger partial charge on any atom is 0.414 e. The highest BCUT2D eigenvalue weighted by molar-refractivity contribution is 7.91. The van der Waals surface area contributed by atoms with Crippen molar-refractivity contribution >= 4 is 33.1 Å². The summed E-state index contributed by atoms with van der Waals surface area (Å²) in [6.07, 6.45) is 0.462. The number of anilines is 1. The Kier molecular flexibility index (Phi) is 5.61. The van der Waals surface area contributed by atoms with Crippen LogP contribution in [0.1, 0.15) is 17.4 Å².